The number of ether oxygens (including phenoxy) is 1. The van der Waals surface area contributed by atoms with Crippen molar-refractivity contribution in [1.82, 2.24) is 0 Å². The van der Waals surface area contributed by atoms with E-state index in [9.17, 15) is 9.90 Å². The monoisotopic (exact) mass is 240 g/mol. The molecule has 1 atom stereocenters. The molecule has 0 amide bonds. The van der Waals surface area contributed by atoms with Gasteiger partial charge in [-0.3, -0.25) is 0 Å². The number of aliphatic hydroxyl groups is 1. The molecule has 0 radical (unpaired) electrons. The molecule has 1 N–H and O–H groups in total. The Morgan fingerprint density at radius 2 is 2.25 bits per heavy atom. The van der Waals surface area contributed by atoms with Gasteiger partial charge in [0.1, 0.15) is 0 Å². The second-order valence-electron chi connectivity index (χ2n) is 3.91. The van der Waals surface area contributed by atoms with E-state index < -0.39 is 12.1 Å². The Morgan fingerprint density at radius 1 is 1.50 bits per heavy atom. The number of carbonyl (C=O) groups excluding carboxylic acids is 1. The molecule has 0 saturated carbocycles. The van der Waals surface area contributed by atoms with Crippen LogP contribution in [0.5, 0.6) is 0 Å². The SMILES string of the molecule is COC(=O)C(O)c1cc(Cl)cc2c1CCC2. The average Bonchev–Trinajstić information content (AvgIpc) is 2.73. The van der Waals surface area contributed by atoms with Crippen LogP contribution in [0.2, 0.25) is 5.02 Å². The van der Waals surface area contributed by atoms with Crippen LogP contribution < -0.4 is 0 Å². The fourth-order valence-electron chi connectivity index (χ4n) is 2.18. The Kier molecular flexibility index (Phi) is 3.17. The van der Waals surface area contributed by atoms with Crippen molar-refractivity contribution < 1.29 is 14.6 Å². The molecule has 2 rings (SSSR count). The van der Waals surface area contributed by atoms with Gasteiger partial charge >= 0.3 is 5.97 Å². The molecule has 1 aliphatic rings. The van der Waals surface area contributed by atoms with E-state index in [4.69, 9.17) is 11.6 Å². The zero-order valence-electron chi connectivity index (χ0n) is 9.00. The summed E-state index contributed by atoms with van der Waals surface area (Å²) in [4.78, 5) is 11.3. The molecular weight excluding hydrogens is 228 g/mol. The van der Waals surface area contributed by atoms with Gasteiger partial charge in [-0.2, -0.15) is 0 Å². The van der Waals surface area contributed by atoms with Crippen LogP contribution in [-0.4, -0.2) is 18.2 Å². The van der Waals surface area contributed by atoms with Gasteiger partial charge in [0, 0.05) is 5.02 Å². The zero-order valence-corrected chi connectivity index (χ0v) is 9.75. The molecule has 0 spiro atoms. The summed E-state index contributed by atoms with van der Waals surface area (Å²) < 4.78 is 4.53. The Labute approximate surface area is 99.0 Å². The van der Waals surface area contributed by atoms with Crippen molar-refractivity contribution in [1.29, 1.82) is 0 Å². The van der Waals surface area contributed by atoms with Gasteiger partial charge in [-0.25, -0.2) is 4.79 Å². The molecule has 0 aliphatic heterocycles. The molecule has 0 fully saturated rings. The van der Waals surface area contributed by atoms with E-state index >= 15 is 0 Å². The van der Waals surface area contributed by atoms with Crippen molar-refractivity contribution in [2.45, 2.75) is 25.4 Å². The van der Waals surface area contributed by atoms with Crippen LogP contribution in [0.25, 0.3) is 0 Å². The quantitative estimate of drug-likeness (QED) is 0.805. The molecule has 1 aliphatic carbocycles. The molecule has 0 saturated heterocycles. The first kappa shape index (κ1) is 11.4. The molecule has 1 aromatic rings. The van der Waals surface area contributed by atoms with Gasteiger partial charge in [0.15, 0.2) is 6.10 Å². The third-order valence-electron chi connectivity index (χ3n) is 2.93. The summed E-state index contributed by atoms with van der Waals surface area (Å²) in [6.07, 6.45) is 1.65. The number of rotatable bonds is 2. The lowest BCUT2D eigenvalue weighted by molar-refractivity contribution is -0.150. The second kappa shape index (κ2) is 4.44. The lowest BCUT2D eigenvalue weighted by atomic mass is 9.99. The third kappa shape index (κ3) is 1.93. The van der Waals surface area contributed by atoms with E-state index in [1.807, 2.05) is 6.07 Å². The minimum Gasteiger partial charge on any atom is -0.467 e. The highest BCUT2D eigenvalue weighted by molar-refractivity contribution is 6.30. The van der Waals surface area contributed by atoms with E-state index in [1.54, 1.807) is 6.07 Å². The zero-order chi connectivity index (χ0) is 11.7. The van der Waals surface area contributed by atoms with Crippen molar-refractivity contribution in [3.8, 4) is 0 Å². The number of benzene rings is 1. The van der Waals surface area contributed by atoms with Crippen LogP contribution >= 0.6 is 11.6 Å². The van der Waals surface area contributed by atoms with Crippen molar-refractivity contribution in [2.24, 2.45) is 0 Å². The number of aryl methyl sites for hydroxylation is 1. The minimum absolute atomic E-state index is 0.554. The molecular formula is C12H13ClO3. The van der Waals surface area contributed by atoms with Gasteiger partial charge < -0.3 is 9.84 Å². The number of methoxy groups -OCH3 is 1. The Morgan fingerprint density at radius 3 is 2.94 bits per heavy atom. The fraction of sp³-hybridized carbons (Fsp3) is 0.417. The molecule has 4 heteroatoms. The Bertz CT molecular complexity index is 429. The van der Waals surface area contributed by atoms with Crippen molar-refractivity contribution >= 4 is 17.6 Å². The molecule has 3 nitrogen and oxygen atoms in total. The van der Waals surface area contributed by atoms with Crippen LogP contribution in [-0.2, 0) is 22.4 Å². The molecule has 0 heterocycles. The standard InChI is InChI=1S/C12H13ClO3/c1-16-12(15)11(14)10-6-8(13)5-7-3-2-4-9(7)10/h5-6,11,14H,2-4H2,1H3. The van der Waals surface area contributed by atoms with Gasteiger partial charge in [0.05, 0.1) is 7.11 Å². The first-order valence-corrected chi connectivity index (χ1v) is 5.58. The number of hydrogen-bond acceptors (Lipinski definition) is 3. The minimum atomic E-state index is -1.23. The summed E-state index contributed by atoms with van der Waals surface area (Å²) in [7, 11) is 1.26. The van der Waals surface area contributed by atoms with Gasteiger partial charge in [-0.05, 0) is 48.1 Å². The Balaban J connectivity index is 2.44. The van der Waals surface area contributed by atoms with E-state index in [0.29, 0.717) is 10.6 Å². The van der Waals surface area contributed by atoms with Crippen molar-refractivity contribution in [2.75, 3.05) is 7.11 Å². The van der Waals surface area contributed by atoms with Gasteiger partial charge in [-0.1, -0.05) is 11.6 Å². The summed E-state index contributed by atoms with van der Waals surface area (Å²) in [6, 6.07) is 3.55. The molecule has 0 bridgehead atoms. The first-order valence-electron chi connectivity index (χ1n) is 5.20. The highest BCUT2D eigenvalue weighted by Crippen LogP contribution is 2.32. The average molecular weight is 241 g/mol. The van der Waals surface area contributed by atoms with E-state index in [2.05, 4.69) is 4.74 Å². The van der Waals surface area contributed by atoms with Crippen molar-refractivity contribution in [3.63, 3.8) is 0 Å². The number of aliphatic hydroxyl groups excluding tert-OH is 1. The first-order chi connectivity index (χ1) is 7.63. The summed E-state index contributed by atoms with van der Waals surface area (Å²) >= 11 is 5.96. The summed E-state index contributed by atoms with van der Waals surface area (Å²) in [5.74, 6) is -0.642. The topological polar surface area (TPSA) is 46.5 Å². The lowest BCUT2D eigenvalue weighted by Gasteiger charge is -2.13. The van der Waals surface area contributed by atoms with E-state index in [1.165, 1.54) is 7.11 Å². The van der Waals surface area contributed by atoms with Crippen LogP contribution in [0.3, 0.4) is 0 Å². The van der Waals surface area contributed by atoms with Gasteiger partial charge in [-0.15, -0.1) is 0 Å². The second-order valence-corrected chi connectivity index (χ2v) is 4.35. The maximum atomic E-state index is 11.3. The van der Waals surface area contributed by atoms with Crippen LogP contribution in [0, 0.1) is 0 Å². The maximum absolute atomic E-state index is 11.3. The largest absolute Gasteiger partial charge is 0.467 e. The van der Waals surface area contributed by atoms with E-state index in [-0.39, 0.29) is 0 Å². The summed E-state index contributed by atoms with van der Waals surface area (Å²) in [5, 5.41) is 10.4. The molecule has 1 unspecified atom stereocenters. The normalized spacial score (nSPS) is 15.7. The van der Waals surface area contributed by atoms with Crippen LogP contribution in [0.4, 0.5) is 0 Å². The van der Waals surface area contributed by atoms with E-state index in [0.717, 1.165) is 30.4 Å². The van der Waals surface area contributed by atoms with Crippen LogP contribution in [0.1, 0.15) is 29.2 Å². The molecule has 1 aromatic carbocycles. The third-order valence-corrected chi connectivity index (χ3v) is 3.15. The van der Waals surface area contributed by atoms with Gasteiger partial charge in [0.25, 0.3) is 0 Å². The number of esters is 1. The number of fused-ring (bicyclic) bond motifs is 1. The number of carbonyl (C=O) groups is 1. The summed E-state index contributed by atoms with van der Waals surface area (Å²) in [5.41, 5.74) is 2.76. The number of hydrogen-bond donors (Lipinski definition) is 1. The number of halogens is 1. The Hall–Kier alpha value is -1.06. The highest BCUT2D eigenvalue weighted by atomic mass is 35.5. The molecule has 0 aromatic heterocycles. The predicted molar refractivity (Wildman–Crippen MR) is 60.5 cm³/mol. The smallest absolute Gasteiger partial charge is 0.339 e. The maximum Gasteiger partial charge on any atom is 0.339 e. The van der Waals surface area contributed by atoms with Crippen LogP contribution in [0.15, 0.2) is 12.1 Å². The van der Waals surface area contributed by atoms with Gasteiger partial charge in [0.2, 0.25) is 0 Å². The lowest BCUT2D eigenvalue weighted by Crippen LogP contribution is -2.15. The highest BCUT2D eigenvalue weighted by Gasteiger charge is 2.25. The summed E-state index contributed by atoms with van der Waals surface area (Å²) in [6.45, 7) is 0. The molecule has 86 valence electrons. The molecule has 16 heavy (non-hydrogen) atoms. The predicted octanol–water partition coefficient (Wildman–Crippen LogP) is 2.04. The van der Waals surface area contributed by atoms with Crippen molar-refractivity contribution in [3.05, 3.63) is 33.8 Å². The fourth-order valence-corrected chi connectivity index (χ4v) is 2.43.